The number of rotatable bonds is 2. The van der Waals surface area contributed by atoms with Gasteiger partial charge in [-0.05, 0) is 44.2 Å². The van der Waals surface area contributed by atoms with Crippen LogP contribution in [0.5, 0.6) is 0 Å². The van der Waals surface area contributed by atoms with Crippen LogP contribution in [0, 0.1) is 6.92 Å². The Kier molecular flexibility index (Phi) is 4.34. The number of benzene rings is 1. The Labute approximate surface area is 170 Å². The number of nitrogens with zero attached hydrogens (tertiary/aromatic N) is 5. The maximum Gasteiger partial charge on any atom is 0.272 e. The van der Waals surface area contributed by atoms with Crippen LogP contribution in [0.3, 0.4) is 0 Å². The third-order valence-corrected chi connectivity index (χ3v) is 6.13. The van der Waals surface area contributed by atoms with E-state index < -0.39 is 0 Å². The third kappa shape index (κ3) is 3.18. The van der Waals surface area contributed by atoms with Crippen molar-refractivity contribution in [2.75, 3.05) is 13.1 Å². The molecule has 1 unspecified atom stereocenters. The first-order chi connectivity index (χ1) is 14.1. The second-order valence-corrected chi connectivity index (χ2v) is 8.03. The fourth-order valence-electron chi connectivity index (χ4n) is 4.71. The molecule has 1 fully saturated rings. The molecule has 0 radical (unpaired) electrons. The van der Waals surface area contributed by atoms with Gasteiger partial charge in [-0.2, -0.15) is 0 Å². The largest absolute Gasteiger partial charge is 0.336 e. The van der Waals surface area contributed by atoms with E-state index >= 15 is 0 Å². The lowest BCUT2D eigenvalue weighted by Gasteiger charge is -2.40. The van der Waals surface area contributed by atoms with Crippen molar-refractivity contribution in [2.24, 2.45) is 0 Å². The molecule has 5 rings (SSSR count). The van der Waals surface area contributed by atoms with Crippen molar-refractivity contribution in [1.29, 1.82) is 0 Å². The summed E-state index contributed by atoms with van der Waals surface area (Å²) in [6.07, 6.45) is 7.64. The smallest absolute Gasteiger partial charge is 0.272 e. The van der Waals surface area contributed by atoms with Gasteiger partial charge >= 0.3 is 0 Å². The zero-order valence-corrected chi connectivity index (χ0v) is 16.5. The maximum absolute atomic E-state index is 13.1. The molecule has 1 atom stereocenters. The lowest BCUT2D eigenvalue weighted by Crippen LogP contribution is -2.48. The van der Waals surface area contributed by atoms with Crippen molar-refractivity contribution in [3.63, 3.8) is 0 Å². The van der Waals surface area contributed by atoms with Gasteiger partial charge in [0.05, 0.1) is 5.69 Å². The molecule has 1 saturated heterocycles. The molecule has 0 N–H and O–H groups in total. The predicted molar refractivity (Wildman–Crippen MR) is 109 cm³/mol. The van der Waals surface area contributed by atoms with Gasteiger partial charge in [-0.15, -0.1) is 0 Å². The Morgan fingerprint density at radius 1 is 1.07 bits per heavy atom. The van der Waals surface area contributed by atoms with E-state index in [-0.39, 0.29) is 11.3 Å². The number of fused-ring (bicyclic) bond motifs is 2. The Balaban J connectivity index is 1.47. The standard InChI is InChI=1S/C23H23N5O/c1-16-24-12-9-19(26-16)22(29)28-13-5-10-23(15-28)11-8-18-14-25-21(27-20(18)23)17-6-3-2-4-7-17/h2-4,6-7,9,12,14H,5,8,10-11,13,15H2,1H3. The zero-order valence-electron chi connectivity index (χ0n) is 16.5. The summed E-state index contributed by atoms with van der Waals surface area (Å²) in [6, 6.07) is 11.8. The van der Waals surface area contributed by atoms with Crippen LogP contribution in [0.1, 0.15) is 46.8 Å². The number of hydrogen-bond acceptors (Lipinski definition) is 5. The second-order valence-electron chi connectivity index (χ2n) is 8.03. The highest BCUT2D eigenvalue weighted by Crippen LogP contribution is 2.44. The predicted octanol–water partition coefficient (Wildman–Crippen LogP) is 3.36. The van der Waals surface area contributed by atoms with Crippen molar-refractivity contribution in [1.82, 2.24) is 24.8 Å². The van der Waals surface area contributed by atoms with Gasteiger partial charge in [0.25, 0.3) is 5.91 Å². The van der Waals surface area contributed by atoms with E-state index in [1.807, 2.05) is 48.4 Å². The van der Waals surface area contributed by atoms with Gasteiger partial charge in [0.2, 0.25) is 0 Å². The molecule has 1 spiro atoms. The van der Waals surface area contributed by atoms with Crippen LogP contribution in [-0.2, 0) is 11.8 Å². The molecule has 146 valence electrons. The number of carbonyl (C=O) groups is 1. The molecular formula is C23H23N5O. The number of likely N-dealkylation sites (tertiary alicyclic amines) is 1. The van der Waals surface area contributed by atoms with Gasteiger partial charge in [0.15, 0.2) is 5.82 Å². The van der Waals surface area contributed by atoms with E-state index in [2.05, 4.69) is 15.0 Å². The van der Waals surface area contributed by atoms with Gasteiger partial charge in [0.1, 0.15) is 11.5 Å². The number of amides is 1. The van der Waals surface area contributed by atoms with E-state index in [0.29, 0.717) is 18.1 Å². The monoisotopic (exact) mass is 385 g/mol. The molecule has 6 nitrogen and oxygen atoms in total. The van der Waals surface area contributed by atoms with E-state index in [9.17, 15) is 4.79 Å². The first-order valence-corrected chi connectivity index (χ1v) is 10.2. The van der Waals surface area contributed by atoms with Crippen LogP contribution in [-0.4, -0.2) is 43.8 Å². The highest BCUT2D eigenvalue weighted by Gasteiger charge is 2.45. The Morgan fingerprint density at radius 3 is 2.76 bits per heavy atom. The average Bonchev–Trinajstić information content (AvgIpc) is 3.11. The van der Waals surface area contributed by atoms with Crippen molar-refractivity contribution >= 4 is 5.91 Å². The van der Waals surface area contributed by atoms with Crippen molar-refractivity contribution in [2.45, 2.75) is 38.0 Å². The van der Waals surface area contributed by atoms with E-state index in [1.165, 1.54) is 5.56 Å². The number of piperidine rings is 1. The van der Waals surface area contributed by atoms with Crippen molar-refractivity contribution in [3.8, 4) is 11.4 Å². The minimum atomic E-state index is -0.0855. The summed E-state index contributed by atoms with van der Waals surface area (Å²) in [4.78, 5) is 33.1. The summed E-state index contributed by atoms with van der Waals surface area (Å²) in [5, 5.41) is 0. The molecule has 2 aromatic heterocycles. The van der Waals surface area contributed by atoms with E-state index in [1.54, 1.807) is 12.3 Å². The molecule has 6 heteroatoms. The van der Waals surface area contributed by atoms with Crippen LogP contribution in [0.15, 0.2) is 48.8 Å². The molecule has 1 amide bonds. The van der Waals surface area contributed by atoms with E-state index in [4.69, 9.17) is 4.98 Å². The fourth-order valence-corrected chi connectivity index (χ4v) is 4.71. The van der Waals surface area contributed by atoms with Crippen LogP contribution in [0.2, 0.25) is 0 Å². The highest BCUT2D eigenvalue weighted by molar-refractivity contribution is 5.92. The molecule has 1 aliphatic heterocycles. The minimum Gasteiger partial charge on any atom is -0.336 e. The summed E-state index contributed by atoms with van der Waals surface area (Å²) in [6.45, 7) is 3.26. The van der Waals surface area contributed by atoms with Gasteiger partial charge in [-0.25, -0.2) is 19.9 Å². The Bertz CT molecular complexity index is 1060. The molecular weight excluding hydrogens is 362 g/mol. The second kappa shape index (κ2) is 7.03. The van der Waals surface area contributed by atoms with E-state index in [0.717, 1.165) is 49.3 Å². The lowest BCUT2D eigenvalue weighted by atomic mass is 9.77. The van der Waals surface area contributed by atoms with Crippen LogP contribution in [0.25, 0.3) is 11.4 Å². The lowest BCUT2D eigenvalue weighted by molar-refractivity contribution is 0.0627. The first kappa shape index (κ1) is 17.9. The summed E-state index contributed by atoms with van der Waals surface area (Å²) in [7, 11) is 0. The Morgan fingerprint density at radius 2 is 1.93 bits per heavy atom. The summed E-state index contributed by atoms with van der Waals surface area (Å²) < 4.78 is 0. The molecule has 0 saturated carbocycles. The average molecular weight is 385 g/mol. The van der Waals surface area contributed by atoms with Crippen LogP contribution in [0.4, 0.5) is 0 Å². The number of carbonyl (C=O) groups excluding carboxylic acids is 1. The molecule has 3 heterocycles. The van der Waals surface area contributed by atoms with Crippen LogP contribution < -0.4 is 0 Å². The van der Waals surface area contributed by atoms with Gasteiger partial charge < -0.3 is 4.90 Å². The van der Waals surface area contributed by atoms with Gasteiger partial charge in [-0.3, -0.25) is 4.79 Å². The van der Waals surface area contributed by atoms with Gasteiger partial charge in [-0.1, -0.05) is 30.3 Å². The molecule has 1 aromatic carbocycles. The number of aryl methyl sites for hydroxylation is 2. The summed E-state index contributed by atoms with van der Waals surface area (Å²) in [5.74, 6) is 1.37. The summed E-state index contributed by atoms with van der Waals surface area (Å²) in [5.41, 5.74) is 3.76. The molecule has 1 aliphatic carbocycles. The molecule has 0 bridgehead atoms. The third-order valence-electron chi connectivity index (χ3n) is 6.13. The van der Waals surface area contributed by atoms with Gasteiger partial charge in [0, 0.05) is 36.5 Å². The summed E-state index contributed by atoms with van der Waals surface area (Å²) >= 11 is 0. The SMILES string of the molecule is Cc1nccc(C(=O)N2CCCC3(CCc4cnc(-c5ccccc5)nc43)C2)n1. The molecule has 29 heavy (non-hydrogen) atoms. The first-order valence-electron chi connectivity index (χ1n) is 10.2. The Hall–Kier alpha value is -3.15. The minimum absolute atomic E-state index is 0.0136. The van der Waals surface area contributed by atoms with Crippen molar-refractivity contribution < 1.29 is 4.79 Å². The van der Waals surface area contributed by atoms with Crippen LogP contribution >= 0.6 is 0 Å². The zero-order chi connectivity index (χ0) is 19.8. The maximum atomic E-state index is 13.1. The molecule has 2 aliphatic rings. The molecule has 3 aromatic rings. The highest BCUT2D eigenvalue weighted by atomic mass is 16.2. The topological polar surface area (TPSA) is 71.9 Å². The number of hydrogen-bond donors (Lipinski definition) is 0. The number of aromatic nitrogens is 4. The normalized spacial score (nSPS) is 20.7. The fraction of sp³-hybridized carbons (Fsp3) is 0.348. The quantitative estimate of drug-likeness (QED) is 0.676. The van der Waals surface area contributed by atoms with Crippen molar-refractivity contribution in [3.05, 3.63) is 71.6 Å².